The molecule has 4 atom stereocenters. The Balaban J connectivity index is 2.45. The maximum atomic E-state index is 6.22. The molecule has 1 rings (SSSR count). The summed E-state index contributed by atoms with van der Waals surface area (Å²) in [5, 5.41) is 0. The molecule has 0 aliphatic heterocycles. The van der Waals surface area contributed by atoms with Crippen molar-refractivity contribution in [2.45, 2.75) is 58.5 Å². The van der Waals surface area contributed by atoms with Crippen LogP contribution in [0.2, 0.25) is 0 Å². The molecule has 0 amide bonds. The van der Waals surface area contributed by atoms with Gasteiger partial charge in [0.15, 0.2) is 0 Å². The van der Waals surface area contributed by atoms with E-state index in [0.717, 1.165) is 11.8 Å². The van der Waals surface area contributed by atoms with E-state index >= 15 is 0 Å². The molecule has 1 aliphatic carbocycles. The molecule has 15 heavy (non-hydrogen) atoms. The van der Waals surface area contributed by atoms with Gasteiger partial charge in [0.2, 0.25) is 0 Å². The maximum absolute atomic E-state index is 6.22. The van der Waals surface area contributed by atoms with Crippen LogP contribution in [0.4, 0.5) is 0 Å². The van der Waals surface area contributed by atoms with Crippen LogP contribution in [0.3, 0.4) is 0 Å². The van der Waals surface area contributed by atoms with Crippen molar-refractivity contribution in [1.82, 2.24) is 4.90 Å². The second-order valence-corrected chi connectivity index (χ2v) is 5.60. The molecule has 0 saturated heterocycles. The van der Waals surface area contributed by atoms with Crippen LogP contribution in [-0.2, 0) is 0 Å². The lowest BCUT2D eigenvalue weighted by Crippen LogP contribution is -2.50. The van der Waals surface area contributed by atoms with E-state index in [1.807, 2.05) is 0 Å². The van der Waals surface area contributed by atoms with Gasteiger partial charge in [-0.3, -0.25) is 0 Å². The molecule has 2 N–H and O–H groups in total. The zero-order valence-corrected chi connectivity index (χ0v) is 10.9. The van der Waals surface area contributed by atoms with Gasteiger partial charge < -0.3 is 10.6 Å². The Bertz CT molecular complexity index is 181. The molecule has 0 heterocycles. The summed E-state index contributed by atoms with van der Waals surface area (Å²) < 4.78 is 0. The van der Waals surface area contributed by atoms with Crippen LogP contribution in [0.1, 0.15) is 46.5 Å². The highest BCUT2D eigenvalue weighted by Crippen LogP contribution is 2.26. The SMILES string of the molecule is CCC(C)CN(C)C1CC(C)CCC1N. The minimum absolute atomic E-state index is 0.398. The molecule has 0 aromatic rings. The van der Waals surface area contributed by atoms with Crippen molar-refractivity contribution in [2.24, 2.45) is 17.6 Å². The third-order valence-electron chi connectivity index (χ3n) is 3.99. The molecule has 1 fully saturated rings. The molecule has 0 aromatic heterocycles. The highest BCUT2D eigenvalue weighted by molar-refractivity contribution is 4.87. The van der Waals surface area contributed by atoms with Crippen LogP contribution in [-0.4, -0.2) is 30.6 Å². The van der Waals surface area contributed by atoms with E-state index in [4.69, 9.17) is 5.73 Å². The predicted molar refractivity (Wildman–Crippen MR) is 66.9 cm³/mol. The van der Waals surface area contributed by atoms with Gasteiger partial charge in [-0.25, -0.2) is 0 Å². The summed E-state index contributed by atoms with van der Waals surface area (Å²) in [5.41, 5.74) is 6.22. The van der Waals surface area contributed by atoms with Crippen LogP contribution in [0, 0.1) is 11.8 Å². The third-order valence-corrected chi connectivity index (χ3v) is 3.99. The standard InChI is InChI=1S/C13H28N2/c1-5-10(2)9-15(4)13-8-11(3)6-7-12(13)14/h10-13H,5-9,14H2,1-4H3. The van der Waals surface area contributed by atoms with E-state index < -0.39 is 0 Å². The molecule has 0 radical (unpaired) electrons. The van der Waals surface area contributed by atoms with Crippen molar-refractivity contribution in [3.63, 3.8) is 0 Å². The van der Waals surface area contributed by atoms with E-state index in [9.17, 15) is 0 Å². The zero-order valence-electron chi connectivity index (χ0n) is 10.9. The molecule has 1 saturated carbocycles. The average molecular weight is 212 g/mol. The van der Waals surface area contributed by atoms with Gasteiger partial charge in [-0.2, -0.15) is 0 Å². The fourth-order valence-electron chi connectivity index (χ4n) is 2.64. The molecular weight excluding hydrogens is 184 g/mol. The van der Waals surface area contributed by atoms with Crippen molar-refractivity contribution < 1.29 is 0 Å². The highest BCUT2D eigenvalue weighted by Gasteiger charge is 2.29. The monoisotopic (exact) mass is 212 g/mol. The average Bonchev–Trinajstić information content (AvgIpc) is 2.21. The van der Waals surface area contributed by atoms with Gasteiger partial charge in [-0.1, -0.05) is 27.2 Å². The summed E-state index contributed by atoms with van der Waals surface area (Å²) in [6, 6.07) is 1.01. The smallest absolute Gasteiger partial charge is 0.0246 e. The molecule has 2 heteroatoms. The summed E-state index contributed by atoms with van der Waals surface area (Å²) in [6.07, 6.45) is 5.07. The molecule has 0 spiro atoms. The van der Waals surface area contributed by atoms with Crippen LogP contribution >= 0.6 is 0 Å². The Morgan fingerprint density at radius 1 is 1.40 bits per heavy atom. The molecular formula is C13H28N2. The van der Waals surface area contributed by atoms with Crippen molar-refractivity contribution in [3.8, 4) is 0 Å². The summed E-state index contributed by atoms with van der Waals surface area (Å²) in [7, 11) is 2.24. The molecule has 0 aromatic carbocycles. The van der Waals surface area contributed by atoms with Gasteiger partial charge in [-0.15, -0.1) is 0 Å². The van der Waals surface area contributed by atoms with Crippen molar-refractivity contribution in [3.05, 3.63) is 0 Å². The Hall–Kier alpha value is -0.0800. The Kier molecular flexibility index (Phi) is 5.07. The van der Waals surface area contributed by atoms with Gasteiger partial charge >= 0.3 is 0 Å². The van der Waals surface area contributed by atoms with E-state index in [-0.39, 0.29) is 0 Å². The minimum atomic E-state index is 0.398. The maximum Gasteiger partial charge on any atom is 0.0246 e. The number of rotatable bonds is 4. The van der Waals surface area contributed by atoms with Gasteiger partial charge in [-0.05, 0) is 38.1 Å². The third kappa shape index (κ3) is 3.76. The van der Waals surface area contributed by atoms with Crippen LogP contribution in [0.5, 0.6) is 0 Å². The first kappa shape index (κ1) is 13.0. The normalized spacial score (nSPS) is 34.4. The van der Waals surface area contributed by atoms with Crippen molar-refractivity contribution in [2.75, 3.05) is 13.6 Å². The van der Waals surface area contributed by atoms with Crippen LogP contribution in [0.25, 0.3) is 0 Å². The number of hydrogen-bond acceptors (Lipinski definition) is 2. The highest BCUT2D eigenvalue weighted by atomic mass is 15.1. The topological polar surface area (TPSA) is 29.3 Å². The van der Waals surface area contributed by atoms with E-state index in [0.29, 0.717) is 12.1 Å². The van der Waals surface area contributed by atoms with Gasteiger partial charge in [0.1, 0.15) is 0 Å². The first-order valence-electron chi connectivity index (χ1n) is 6.50. The van der Waals surface area contributed by atoms with Crippen LogP contribution in [0.15, 0.2) is 0 Å². The lowest BCUT2D eigenvalue weighted by molar-refractivity contribution is 0.127. The number of nitrogens with two attached hydrogens (primary N) is 1. The minimum Gasteiger partial charge on any atom is -0.326 e. The first-order chi connectivity index (χ1) is 7.04. The zero-order chi connectivity index (χ0) is 11.4. The van der Waals surface area contributed by atoms with Crippen molar-refractivity contribution >= 4 is 0 Å². The summed E-state index contributed by atoms with van der Waals surface area (Å²) >= 11 is 0. The molecule has 90 valence electrons. The van der Waals surface area contributed by atoms with E-state index in [1.165, 1.54) is 32.2 Å². The summed E-state index contributed by atoms with van der Waals surface area (Å²) in [6.45, 7) is 8.15. The lowest BCUT2D eigenvalue weighted by Gasteiger charge is -2.39. The van der Waals surface area contributed by atoms with Crippen molar-refractivity contribution in [1.29, 1.82) is 0 Å². The number of nitrogens with zero attached hydrogens (tertiary/aromatic N) is 1. The van der Waals surface area contributed by atoms with Gasteiger partial charge in [0, 0.05) is 18.6 Å². The number of hydrogen-bond donors (Lipinski definition) is 1. The fraction of sp³-hybridized carbons (Fsp3) is 1.00. The quantitative estimate of drug-likeness (QED) is 0.776. The van der Waals surface area contributed by atoms with Gasteiger partial charge in [0.05, 0.1) is 0 Å². The molecule has 4 unspecified atom stereocenters. The summed E-state index contributed by atoms with van der Waals surface area (Å²) in [5.74, 6) is 1.65. The molecule has 2 nitrogen and oxygen atoms in total. The second kappa shape index (κ2) is 5.86. The Morgan fingerprint density at radius 3 is 2.67 bits per heavy atom. The predicted octanol–water partition coefficient (Wildman–Crippen LogP) is 2.48. The molecule has 0 bridgehead atoms. The Morgan fingerprint density at radius 2 is 2.07 bits per heavy atom. The molecule has 1 aliphatic rings. The van der Waals surface area contributed by atoms with Gasteiger partial charge in [0.25, 0.3) is 0 Å². The summed E-state index contributed by atoms with van der Waals surface area (Å²) in [4.78, 5) is 2.49. The fourth-order valence-corrected chi connectivity index (χ4v) is 2.64. The second-order valence-electron chi connectivity index (χ2n) is 5.60. The van der Waals surface area contributed by atoms with Crippen LogP contribution < -0.4 is 5.73 Å². The lowest BCUT2D eigenvalue weighted by atomic mass is 9.83. The number of likely N-dealkylation sites (N-methyl/N-ethyl adjacent to an activating group) is 1. The first-order valence-corrected chi connectivity index (χ1v) is 6.50. The van der Waals surface area contributed by atoms with E-state index in [2.05, 4.69) is 32.7 Å². The largest absolute Gasteiger partial charge is 0.326 e. The Labute approximate surface area is 95.2 Å². The van der Waals surface area contributed by atoms with E-state index in [1.54, 1.807) is 0 Å².